The van der Waals surface area contributed by atoms with E-state index < -0.39 is 0 Å². The van der Waals surface area contributed by atoms with E-state index in [1.165, 1.54) is 16.7 Å². The van der Waals surface area contributed by atoms with Crippen LogP contribution < -0.4 is 0 Å². The van der Waals surface area contributed by atoms with Crippen molar-refractivity contribution in [1.82, 2.24) is 0 Å². The van der Waals surface area contributed by atoms with Gasteiger partial charge in [-0.1, -0.05) is 30.4 Å². The number of nitro benzene ring substituents is 1. The maximum atomic E-state index is 11.0. The number of nitro groups is 1. The molecule has 0 saturated carbocycles. The summed E-state index contributed by atoms with van der Waals surface area (Å²) in [5.74, 6) is 0.571. The second-order valence-electron chi connectivity index (χ2n) is 5.51. The Labute approximate surface area is 116 Å². The van der Waals surface area contributed by atoms with Gasteiger partial charge in [-0.3, -0.25) is 10.1 Å². The van der Waals surface area contributed by atoms with E-state index in [0.717, 1.165) is 11.1 Å². The quantitative estimate of drug-likeness (QED) is 0.564. The van der Waals surface area contributed by atoms with Gasteiger partial charge in [0.25, 0.3) is 5.69 Å². The van der Waals surface area contributed by atoms with Crippen LogP contribution in [0.1, 0.15) is 24.0 Å². The molecule has 4 rings (SSSR count). The zero-order valence-corrected chi connectivity index (χ0v) is 11.0. The molecule has 0 amide bonds. The molecule has 20 heavy (non-hydrogen) atoms. The summed E-state index contributed by atoms with van der Waals surface area (Å²) in [6.45, 7) is 2.13. The van der Waals surface area contributed by atoms with Gasteiger partial charge in [-0.05, 0) is 40.8 Å². The fraction of sp³-hybridized carbons (Fsp3) is 0.176. The number of hydrogen-bond donors (Lipinski definition) is 0. The van der Waals surface area contributed by atoms with Crippen LogP contribution in [0.25, 0.3) is 5.57 Å². The number of nitrogens with zero attached hydrogens (tertiary/aromatic N) is 1. The number of benzene rings is 1. The molecule has 1 aromatic rings. The van der Waals surface area contributed by atoms with Gasteiger partial charge in [0.15, 0.2) is 0 Å². The van der Waals surface area contributed by atoms with E-state index in [1.807, 2.05) is 6.07 Å². The van der Waals surface area contributed by atoms with Crippen molar-refractivity contribution in [2.24, 2.45) is 5.92 Å². The molecule has 3 aliphatic rings. The van der Waals surface area contributed by atoms with Crippen molar-refractivity contribution in [3.8, 4) is 0 Å². The third kappa shape index (κ3) is 1.35. The van der Waals surface area contributed by atoms with Gasteiger partial charge < -0.3 is 0 Å². The molecule has 0 N–H and O–H groups in total. The molecule has 3 nitrogen and oxygen atoms in total. The number of fused-ring (bicyclic) bond motifs is 3. The largest absolute Gasteiger partial charge is 0.269 e. The highest BCUT2D eigenvalue weighted by Gasteiger charge is 2.40. The maximum Gasteiger partial charge on any atom is 0.269 e. The van der Waals surface area contributed by atoms with Gasteiger partial charge >= 0.3 is 0 Å². The standard InChI is InChI=1S/C17H13NO2/c1-10-5-7-15-13-8-6-11(18(19)20)9-16(13)14-4-2-3-12(10)17(14)15/h2-9,14,17H,1H3. The minimum Gasteiger partial charge on any atom is -0.258 e. The highest BCUT2D eigenvalue weighted by atomic mass is 16.6. The van der Waals surface area contributed by atoms with Gasteiger partial charge in [-0.2, -0.15) is 0 Å². The lowest BCUT2D eigenvalue weighted by Gasteiger charge is -2.28. The maximum absolute atomic E-state index is 11.0. The van der Waals surface area contributed by atoms with Crippen LogP contribution in [0, 0.1) is 16.0 Å². The Bertz CT molecular complexity index is 765. The predicted octanol–water partition coefficient (Wildman–Crippen LogP) is 4.15. The molecule has 3 heteroatoms. The fourth-order valence-electron chi connectivity index (χ4n) is 3.58. The van der Waals surface area contributed by atoms with Crippen LogP contribution in [0.5, 0.6) is 0 Å². The van der Waals surface area contributed by atoms with E-state index in [0.29, 0.717) is 5.92 Å². The minimum absolute atomic E-state index is 0.178. The van der Waals surface area contributed by atoms with Gasteiger partial charge in [0.2, 0.25) is 0 Å². The molecule has 0 saturated heterocycles. The van der Waals surface area contributed by atoms with Crippen molar-refractivity contribution in [2.75, 3.05) is 0 Å². The molecule has 0 spiro atoms. The van der Waals surface area contributed by atoms with Gasteiger partial charge in [0, 0.05) is 24.0 Å². The van der Waals surface area contributed by atoms with Gasteiger partial charge in [0.1, 0.15) is 0 Å². The number of non-ortho nitro benzene ring substituents is 1. The summed E-state index contributed by atoms with van der Waals surface area (Å²) in [6, 6.07) is 5.24. The van der Waals surface area contributed by atoms with E-state index in [1.54, 1.807) is 12.1 Å². The highest BCUT2D eigenvalue weighted by molar-refractivity contribution is 5.84. The number of allylic oxidation sites excluding steroid dienone is 8. The number of hydrogen-bond acceptors (Lipinski definition) is 2. The third-order valence-corrected chi connectivity index (χ3v) is 4.51. The molecule has 0 aliphatic heterocycles. The first-order valence-corrected chi connectivity index (χ1v) is 6.73. The van der Waals surface area contributed by atoms with Crippen LogP contribution in [0.3, 0.4) is 0 Å². The van der Waals surface area contributed by atoms with Crippen molar-refractivity contribution in [2.45, 2.75) is 12.8 Å². The normalized spacial score (nSPS) is 25.4. The minimum atomic E-state index is -0.316. The van der Waals surface area contributed by atoms with Crippen molar-refractivity contribution < 1.29 is 4.92 Å². The molecule has 98 valence electrons. The molecule has 1 aromatic carbocycles. The number of rotatable bonds is 1. The lowest BCUT2D eigenvalue weighted by Crippen LogP contribution is -2.14. The van der Waals surface area contributed by atoms with Gasteiger partial charge in [0.05, 0.1) is 4.92 Å². The molecular weight excluding hydrogens is 250 g/mol. The zero-order chi connectivity index (χ0) is 13.9. The van der Waals surface area contributed by atoms with Crippen LogP contribution in [-0.4, -0.2) is 4.92 Å². The fourth-order valence-corrected chi connectivity index (χ4v) is 3.58. The summed E-state index contributed by atoms with van der Waals surface area (Å²) >= 11 is 0. The molecule has 0 aromatic heterocycles. The summed E-state index contributed by atoms with van der Waals surface area (Å²) < 4.78 is 0. The Morgan fingerprint density at radius 2 is 2.00 bits per heavy atom. The van der Waals surface area contributed by atoms with Crippen molar-refractivity contribution in [1.29, 1.82) is 0 Å². The first kappa shape index (κ1) is 11.4. The Balaban J connectivity index is 1.96. The second kappa shape index (κ2) is 3.79. The van der Waals surface area contributed by atoms with Gasteiger partial charge in [-0.25, -0.2) is 0 Å². The Kier molecular flexibility index (Phi) is 2.16. The summed E-state index contributed by atoms with van der Waals surface area (Å²) in [5, 5.41) is 11.0. The average molecular weight is 263 g/mol. The third-order valence-electron chi connectivity index (χ3n) is 4.51. The molecule has 0 bridgehead atoms. The molecule has 3 aliphatic carbocycles. The van der Waals surface area contributed by atoms with Crippen LogP contribution in [0.2, 0.25) is 0 Å². The molecule has 0 heterocycles. The monoisotopic (exact) mass is 263 g/mol. The van der Waals surface area contributed by atoms with E-state index in [9.17, 15) is 10.1 Å². The molecular formula is C17H13NO2. The summed E-state index contributed by atoms with van der Waals surface area (Å²) in [7, 11) is 0. The van der Waals surface area contributed by atoms with Crippen molar-refractivity contribution >= 4 is 11.3 Å². The van der Waals surface area contributed by atoms with Crippen molar-refractivity contribution in [3.05, 3.63) is 81.0 Å². The predicted molar refractivity (Wildman–Crippen MR) is 78.3 cm³/mol. The molecule has 0 fully saturated rings. The lowest BCUT2D eigenvalue weighted by atomic mass is 9.76. The van der Waals surface area contributed by atoms with Crippen LogP contribution >= 0.6 is 0 Å². The van der Waals surface area contributed by atoms with Crippen LogP contribution in [0.4, 0.5) is 5.69 Å². The molecule has 0 radical (unpaired) electrons. The Hall–Kier alpha value is -2.42. The molecule has 2 unspecified atom stereocenters. The lowest BCUT2D eigenvalue weighted by molar-refractivity contribution is -0.384. The van der Waals surface area contributed by atoms with E-state index in [4.69, 9.17) is 0 Å². The average Bonchev–Trinajstić information content (AvgIpc) is 2.78. The highest BCUT2D eigenvalue weighted by Crippen LogP contribution is 2.54. The molecule has 2 atom stereocenters. The topological polar surface area (TPSA) is 43.1 Å². The Morgan fingerprint density at radius 3 is 2.80 bits per heavy atom. The summed E-state index contributed by atoms with van der Waals surface area (Å²) in [5.41, 5.74) is 6.34. The van der Waals surface area contributed by atoms with E-state index >= 15 is 0 Å². The SMILES string of the molecule is CC1=CC=C2c3ccc([N+](=O)[O-])cc3C3C=CC=C1C23. The first-order chi connectivity index (χ1) is 9.66. The van der Waals surface area contributed by atoms with E-state index in [-0.39, 0.29) is 16.5 Å². The van der Waals surface area contributed by atoms with Crippen molar-refractivity contribution in [3.63, 3.8) is 0 Å². The first-order valence-electron chi connectivity index (χ1n) is 6.73. The van der Waals surface area contributed by atoms with Crippen LogP contribution in [0.15, 0.2) is 59.7 Å². The smallest absolute Gasteiger partial charge is 0.258 e. The zero-order valence-electron chi connectivity index (χ0n) is 11.0. The summed E-state index contributed by atoms with van der Waals surface area (Å²) in [4.78, 5) is 10.7. The second-order valence-corrected chi connectivity index (χ2v) is 5.51. The van der Waals surface area contributed by atoms with Gasteiger partial charge in [-0.15, -0.1) is 0 Å². The van der Waals surface area contributed by atoms with Crippen LogP contribution in [-0.2, 0) is 0 Å². The Morgan fingerprint density at radius 1 is 1.15 bits per heavy atom. The summed E-state index contributed by atoms with van der Waals surface area (Å²) in [6.07, 6.45) is 10.7. The van der Waals surface area contributed by atoms with E-state index in [2.05, 4.69) is 37.3 Å².